The monoisotopic (exact) mass is 508 g/mol. The van der Waals surface area contributed by atoms with Gasteiger partial charge in [0.25, 0.3) is 0 Å². The average molecular weight is 511 g/mol. The van der Waals surface area contributed by atoms with E-state index in [1.54, 1.807) is 7.11 Å². The summed E-state index contributed by atoms with van der Waals surface area (Å²) in [5, 5.41) is 0. The Hall–Kier alpha value is -0.557. The molecular weight excluding hydrogens is 478 g/mol. The first-order chi connectivity index (χ1) is 12.1. The summed E-state index contributed by atoms with van der Waals surface area (Å²) in [6.45, 7) is 13.4. The van der Waals surface area contributed by atoms with Crippen molar-refractivity contribution in [2.45, 2.75) is 65.2 Å². The number of hydrogen-bond donors (Lipinski definition) is 0. The molecule has 0 saturated carbocycles. The second-order valence-electron chi connectivity index (χ2n) is 8.80. The molecule has 0 N–H and O–H groups in total. The van der Waals surface area contributed by atoms with Gasteiger partial charge in [0.1, 0.15) is 5.75 Å². The fourth-order valence-corrected chi connectivity index (χ4v) is 3.06. The summed E-state index contributed by atoms with van der Waals surface area (Å²) in [7, 11) is 1.78. The second-order valence-corrected chi connectivity index (χ2v) is 8.80. The van der Waals surface area contributed by atoms with Crippen molar-refractivity contribution in [1.82, 2.24) is 0 Å². The van der Waals surface area contributed by atoms with E-state index in [1.165, 1.54) is 22.3 Å². The fourth-order valence-electron chi connectivity index (χ4n) is 3.06. The van der Waals surface area contributed by atoms with Crippen LogP contribution in [0.15, 0.2) is 42.5 Å². The second kappa shape index (κ2) is 13.0. The van der Waals surface area contributed by atoms with Crippen LogP contribution in [0.5, 0.6) is 5.75 Å². The minimum Gasteiger partial charge on any atom is -1.00 e. The predicted molar refractivity (Wildman–Crippen MR) is 112 cm³/mol. The molecule has 0 atom stereocenters. The molecule has 0 unspecified atom stereocenters. The minimum absolute atomic E-state index is 0. The summed E-state index contributed by atoms with van der Waals surface area (Å²) >= 11 is 0. The van der Waals surface area contributed by atoms with Gasteiger partial charge in [0.05, 0.1) is 7.11 Å². The summed E-state index contributed by atoms with van der Waals surface area (Å²) < 4.78 is 5.80. The summed E-state index contributed by atoms with van der Waals surface area (Å²) in [6, 6.07) is 4.54. The molecule has 156 valence electrons. The fraction of sp³-hybridized carbons (Fsp3) is 0.440. The van der Waals surface area contributed by atoms with Gasteiger partial charge in [0, 0.05) is 0 Å². The van der Waals surface area contributed by atoms with Crippen LogP contribution in [0.2, 0.25) is 0 Å². The molecule has 0 radical (unpaired) electrons. The maximum Gasteiger partial charge on any atom is 4.00 e. The summed E-state index contributed by atoms with van der Waals surface area (Å²) in [5.74, 6) is 1.03. The molecule has 29 heavy (non-hydrogen) atoms. The number of benzene rings is 1. The predicted octanol–water partition coefficient (Wildman–Crippen LogP) is 0.748. The van der Waals surface area contributed by atoms with Crippen molar-refractivity contribution < 1.29 is 55.8 Å². The Morgan fingerprint density at radius 1 is 0.862 bits per heavy atom. The molecule has 0 aromatic heterocycles. The van der Waals surface area contributed by atoms with Gasteiger partial charge in [0.2, 0.25) is 0 Å². The number of hydrogen-bond acceptors (Lipinski definition) is 1. The Balaban J connectivity index is 0. The van der Waals surface area contributed by atoms with Crippen molar-refractivity contribution in [3.05, 3.63) is 71.4 Å². The van der Waals surface area contributed by atoms with E-state index < -0.39 is 0 Å². The van der Waals surface area contributed by atoms with Gasteiger partial charge in [-0.05, 0) is 22.0 Å². The molecule has 1 aromatic rings. The van der Waals surface area contributed by atoms with Gasteiger partial charge in [-0.1, -0.05) is 48.0 Å². The number of halogens is 2. The Kier molecular flexibility index (Phi) is 13.7. The zero-order valence-electron chi connectivity index (χ0n) is 18.6. The van der Waals surface area contributed by atoms with E-state index in [0.717, 1.165) is 18.6 Å². The first kappa shape index (κ1) is 30.6. The van der Waals surface area contributed by atoms with Crippen molar-refractivity contribution in [2.24, 2.45) is 0 Å². The quantitative estimate of drug-likeness (QED) is 0.534. The van der Waals surface area contributed by atoms with E-state index in [4.69, 9.17) is 4.74 Å². The molecule has 0 saturated heterocycles. The molecule has 4 heteroatoms. The minimum atomic E-state index is 0. The Morgan fingerprint density at radius 3 is 1.69 bits per heavy atom. The Morgan fingerprint density at radius 2 is 1.41 bits per heavy atom. The molecule has 0 heterocycles. The van der Waals surface area contributed by atoms with E-state index >= 15 is 0 Å². The standard InChI is InChI=1S/C20H27O.C5H5.2ClH.Zr/c1-19(2,3)16-12-15(14-10-8-9-11-14)13-17(18(16)21-7)20(4,5)6;1-2-4-5-3-1;;;/h8,10,12-13H,9H2,1-7H3;1-3H,4H2;2*1H;/q2*-1;;;+4/p-2. The SMILES string of the molecule is COc1c(C(C)(C)C)cc(C2=[C-]CC=C2)cc1C(C)(C)C.[C-]1=CC=CC1.[Cl-].[Cl-].[Zr+4]. The van der Waals surface area contributed by atoms with Crippen molar-refractivity contribution in [1.29, 1.82) is 0 Å². The van der Waals surface area contributed by atoms with E-state index in [9.17, 15) is 0 Å². The van der Waals surface area contributed by atoms with Crippen LogP contribution in [0.25, 0.3) is 5.57 Å². The smallest absolute Gasteiger partial charge is 1.00 e. The molecule has 2 aliphatic carbocycles. The molecule has 0 bridgehead atoms. The topological polar surface area (TPSA) is 9.23 Å². The van der Waals surface area contributed by atoms with Gasteiger partial charge < -0.3 is 29.6 Å². The van der Waals surface area contributed by atoms with Crippen LogP contribution < -0.4 is 29.6 Å². The van der Waals surface area contributed by atoms with E-state index in [0.29, 0.717) is 0 Å². The van der Waals surface area contributed by atoms with E-state index in [2.05, 4.69) is 84.1 Å². The van der Waals surface area contributed by atoms with Gasteiger partial charge in [-0.3, -0.25) is 6.08 Å². The first-order valence-electron chi connectivity index (χ1n) is 9.37. The third-order valence-electron chi connectivity index (χ3n) is 4.50. The largest absolute Gasteiger partial charge is 4.00 e. The summed E-state index contributed by atoms with van der Waals surface area (Å²) in [4.78, 5) is 0. The van der Waals surface area contributed by atoms with Gasteiger partial charge in [0.15, 0.2) is 0 Å². The molecule has 0 aliphatic heterocycles. The van der Waals surface area contributed by atoms with Crippen LogP contribution in [0.1, 0.15) is 71.1 Å². The number of ether oxygens (including phenoxy) is 1. The molecule has 1 aromatic carbocycles. The van der Waals surface area contributed by atoms with Crippen LogP contribution in [0.4, 0.5) is 0 Å². The molecule has 3 rings (SSSR count). The number of allylic oxidation sites excluding steroid dienone is 8. The first-order valence-corrected chi connectivity index (χ1v) is 9.37. The van der Waals surface area contributed by atoms with Crippen LogP contribution in [-0.2, 0) is 37.0 Å². The molecule has 0 fully saturated rings. The normalized spacial score (nSPS) is 14.1. The van der Waals surface area contributed by atoms with Crippen LogP contribution in [0.3, 0.4) is 0 Å². The van der Waals surface area contributed by atoms with Gasteiger partial charge in [-0.25, -0.2) is 12.2 Å². The number of rotatable bonds is 2. The molecule has 0 spiro atoms. The van der Waals surface area contributed by atoms with Crippen molar-refractivity contribution in [2.75, 3.05) is 7.11 Å². The van der Waals surface area contributed by atoms with Crippen molar-refractivity contribution in [3.8, 4) is 5.75 Å². The van der Waals surface area contributed by atoms with Crippen molar-refractivity contribution >= 4 is 5.57 Å². The van der Waals surface area contributed by atoms with Crippen LogP contribution >= 0.6 is 0 Å². The van der Waals surface area contributed by atoms with E-state index in [-0.39, 0.29) is 61.8 Å². The number of methoxy groups -OCH3 is 1. The van der Waals surface area contributed by atoms with Crippen molar-refractivity contribution in [3.63, 3.8) is 0 Å². The Labute approximate surface area is 209 Å². The Bertz CT molecular complexity index is 715. The average Bonchev–Trinajstić information content (AvgIpc) is 3.27. The molecule has 1 nitrogen and oxygen atoms in total. The third-order valence-corrected chi connectivity index (χ3v) is 4.50. The van der Waals surface area contributed by atoms with Gasteiger partial charge in [-0.2, -0.15) is 23.8 Å². The summed E-state index contributed by atoms with van der Waals surface area (Å²) in [5.41, 5.74) is 5.08. The summed E-state index contributed by atoms with van der Waals surface area (Å²) in [6.07, 6.45) is 18.7. The molecule has 2 aliphatic rings. The van der Waals surface area contributed by atoms with E-state index in [1.807, 2.05) is 12.2 Å². The van der Waals surface area contributed by atoms with Gasteiger partial charge >= 0.3 is 26.2 Å². The molecule has 0 amide bonds. The zero-order valence-corrected chi connectivity index (χ0v) is 22.6. The van der Waals surface area contributed by atoms with Gasteiger partial charge in [-0.15, -0.1) is 30.2 Å². The maximum absolute atomic E-state index is 5.80. The molecular formula is C25H32Cl2OZr. The van der Waals surface area contributed by atoms with Crippen LogP contribution in [-0.4, -0.2) is 7.11 Å². The zero-order chi connectivity index (χ0) is 19.4. The maximum atomic E-state index is 5.80. The third kappa shape index (κ3) is 8.60. The van der Waals surface area contributed by atoms with Crippen LogP contribution in [0, 0.1) is 12.2 Å².